The second kappa shape index (κ2) is 3.94. The van der Waals surface area contributed by atoms with Crippen molar-refractivity contribution >= 4 is 49.7 Å². The van der Waals surface area contributed by atoms with Crippen LogP contribution in [-0.2, 0) is 0 Å². The van der Waals surface area contributed by atoms with Gasteiger partial charge in [-0.2, -0.15) is 0 Å². The summed E-state index contributed by atoms with van der Waals surface area (Å²) in [6, 6.07) is 4.02. The van der Waals surface area contributed by atoms with Crippen LogP contribution >= 0.6 is 33.9 Å². The Bertz CT molecular complexity index is 466. The topological polar surface area (TPSA) is 35.2 Å². The molecule has 0 fully saturated rings. The van der Waals surface area contributed by atoms with Crippen LogP contribution in [0.25, 0.3) is 10.1 Å². The highest BCUT2D eigenvalue weighted by atomic mass is 127. The van der Waals surface area contributed by atoms with E-state index in [0.29, 0.717) is 6.61 Å². The summed E-state index contributed by atoms with van der Waals surface area (Å²) in [4.78, 5) is 0. The van der Waals surface area contributed by atoms with Crippen molar-refractivity contribution in [3.05, 3.63) is 21.1 Å². The predicted molar refractivity (Wildman–Crippen MR) is 70.1 cm³/mol. The zero-order chi connectivity index (χ0) is 10.1. The third-order valence-electron chi connectivity index (χ3n) is 1.96. The lowest BCUT2D eigenvalue weighted by atomic mass is 10.2. The van der Waals surface area contributed by atoms with Crippen molar-refractivity contribution < 1.29 is 4.74 Å². The van der Waals surface area contributed by atoms with Gasteiger partial charge in [0.05, 0.1) is 17.0 Å². The number of benzene rings is 1. The number of fused-ring (bicyclic) bond motifs is 1. The Labute approximate surface area is 100 Å². The van der Waals surface area contributed by atoms with E-state index in [1.807, 2.05) is 13.0 Å². The van der Waals surface area contributed by atoms with E-state index < -0.39 is 0 Å². The minimum absolute atomic E-state index is 0.649. The Morgan fingerprint density at radius 3 is 3.07 bits per heavy atom. The molecule has 2 N–H and O–H groups in total. The van der Waals surface area contributed by atoms with E-state index in [1.165, 1.54) is 8.27 Å². The van der Waals surface area contributed by atoms with Gasteiger partial charge in [-0.1, -0.05) is 0 Å². The Morgan fingerprint density at radius 1 is 1.57 bits per heavy atom. The third kappa shape index (κ3) is 1.56. The van der Waals surface area contributed by atoms with Crippen LogP contribution in [-0.4, -0.2) is 6.61 Å². The molecule has 0 radical (unpaired) electrons. The second-order valence-corrected chi connectivity index (χ2v) is 4.95. The fourth-order valence-corrected chi connectivity index (χ4v) is 3.21. The van der Waals surface area contributed by atoms with Gasteiger partial charge in [0.25, 0.3) is 0 Å². The highest BCUT2D eigenvalue weighted by Crippen LogP contribution is 2.38. The molecule has 2 rings (SSSR count). The third-order valence-corrected chi connectivity index (χ3v) is 4.12. The molecule has 2 nitrogen and oxygen atoms in total. The van der Waals surface area contributed by atoms with Crippen LogP contribution in [0.3, 0.4) is 0 Å². The Morgan fingerprint density at radius 2 is 2.36 bits per heavy atom. The van der Waals surface area contributed by atoms with Crippen molar-refractivity contribution in [2.75, 3.05) is 12.3 Å². The molecule has 0 atom stereocenters. The summed E-state index contributed by atoms with van der Waals surface area (Å²) >= 11 is 4.02. The highest BCUT2D eigenvalue weighted by Gasteiger charge is 2.10. The van der Waals surface area contributed by atoms with Gasteiger partial charge in [0, 0.05) is 8.96 Å². The van der Waals surface area contributed by atoms with Gasteiger partial charge in [-0.15, -0.1) is 11.3 Å². The van der Waals surface area contributed by atoms with Gasteiger partial charge in [-0.05, 0) is 47.0 Å². The summed E-state index contributed by atoms with van der Waals surface area (Å²) in [7, 11) is 0. The summed E-state index contributed by atoms with van der Waals surface area (Å²) in [5, 5.41) is 3.19. The smallest absolute Gasteiger partial charge is 0.150 e. The first-order chi connectivity index (χ1) is 6.74. The van der Waals surface area contributed by atoms with Crippen molar-refractivity contribution in [2.45, 2.75) is 6.92 Å². The molecule has 1 aromatic carbocycles. The number of hydrogen-bond acceptors (Lipinski definition) is 3. The molecule has 74 valence electrons. The fraction of sp³-hybridized carbons (Fsp3) is 0.200. The Balaban J connectivity index is 2.73. The zero-order valence-electron chi connectivity index (χ0n) is 7.71. The van der Waals surface area contributed by atoms with E-state index in [-0.39, 0.29) is 0 Å². The maximum absolute atomic E-state index is 5.91. The van der Waals surface area contributed by atoms with Gasteiger partial charge in [0.2, 0.25) is 0 Å². The van der Waals surface area contributed by atoms with Crippen molar-refractivity contribution in [1.82, 2.24) is 0 Å². The number of nitrogens with two attached hydrogens (primary N) is 1. The molecule has 4 heteroatoms. The molecule has 0 bridgehead atoms. The SMILES string of the molecule is CCOc1c(N)cc(I)c2sccc12. The maximum Gasteiger partial charge on any atom is 0.150 e. The fourth-order valence-electron chi connectivity index (χ4n) is 1.40. The van der Waals surface area contributed by atoms with E-state index in [0.717, 1.165) is 16.8 Å². The van der Waals surface area contributed by atoms with E-state index in [9.17, 15) is 0 Å². The van der Waals surface area contributed by atoms with Gasteiger partial charge in [-0.25, -0.2) is 0 Å². The summed E-state index contributed by atoms with van der Waals surface area (Å²) in [6.07, 6.45) is 0. The lowest BCUT2D eigenvalue weighted by Gasteiger charge is -2.09. The summed E-state index contributed by atoms with van der Waals surface area (Å²) in [5.41, 5.74) is 6.63. The molecule has 0 saturated carbocycles. The van der Waals surface area contributed by atoms with Crippen molar-refractivity contribution in [2.24, 2.45) is 0 Å². The number of halogens is 1. The van der Waals surface area contributed by atoms with Crippen LogP contribution in [0.4, 0.5) is 5.69 Å². The van der Waals surface area contributed by atoms with Crippen LogP contribution in [0.5, 0.6) is 5.75 Å². The number of hydrogen-bond donors (Lipinski definition) is 1. The lowest BCUT2D eigenvalue weighted by Crippen LogP contribution is -1.97. The minimum atomic E-state index is 0.649. The number of nitrogen functional groups attached to an aromatic ring is 1. The molecule has 14 heavy (non-hydrogen) atoms. The molecular weight excluding hydrogens is 309 g/mol. The normalized spacial score (nSPS) is 10.7. The first kappa shape index (κ1) is 10.0. The average Bonchev–Trinajstić information content (AvgIpc) is 2.60. The molecule has 0 saturated heterocycles. The minimum Gasteiger partial charge on any atom is -0.491 e. The standard InChI is InChI=1S/C10H10INOS/c1-2-13-9-6-3-4-14-10(6)7(11)5-8(9)12/h3-5H,2,12H2,1H3. The first-order valence-electron chi connectivity index (χ1n) is 4.32. The molecule has 0 aliphatic carbocycles. The highest BCUT2D eigenvalue weighted by molar-refractivity contribution is 14.1. The van der Waals surface area contributed by atoms with Gasteiger partial charge in [-0.3, -0.25) is 0 Å². The number of ether oxygens (including phenoxy) is 1. The maximum atomic E-state index is 5.91. The van der Waals surface area contributed by atoms with Gasteiger partial charge < -0.3 is 10.5 Å². The van der Waals surface area contributed by atoms with Crippen molar-refractivity contribution in [1.29, 1.82) is 0 Å². The Kier molecular flexibility index (Phi) is 2.83. The van der Waals surface area contributed by atoms with E-state index in [4.69, 9.17) is 10.5 Å². The van der Waals surface area contributed by atoms with E-state index in [2.05, 4.69) is 34.0 Å². The molecule has 0 aliphatic heterocycles. The van der Waals surface area contributed by atoms with Crippen molar-refractivity contribution in [3.8, 4) is 5.75 Å². The number of rotatable bonds is 2. The monoisotopic (exact) mass is 319 g/mol. The van der Waals surface area contributed by atoms with Gasteiger partial charge in [0.15, 0.2) is 5.75 Å². The largest absolute Gasteiger partial charge is 0.491 e. The number of thiophene rings is 1. The summed E-state index contributed by atoms with van der Waals surface area (Å²) in [5.74, 6) is 0.823. The zero-order valence-corrected chi connectivity index (χ0v) is 10.7. The van der Waals surface area contributed by atoms with Crippen LogP contribution < -0.4 is 10.5 Å². The lowest BCUT2D eigenvalue weighted by molar-refractivity contribution is 0.346. The second-order valence-electron chi connectivity index (χ2n) is 2.87. The molecule has 0 spiro atoms. The van der Waals surface area contributed by atoms with Crippen molar-refractivity contribution in [3.63, 3.8) is 0 Å². The summed E-state index contributed by atoms with van der Waals surface area (Å²) < 4.78 is 7.98. The van der Waals surface area contributed by atoms with Gasteiger partial charge in [0.1, 0.15) is 0 Å². The van der Waals surface area contributed by atoms with Crippen LogP contribution in [0, 0.1) is 3.57 Å². The Hall–Kier alpha value is -0.490. The molecule has 0 unspecified atom stereocenters. The first-order valence-corrected chi connectivity index (χ1v) is 6.28. The van der Waals surface area contributed by atoms with E-state index in [1.54, 1.807) is 11.3 Å². The van der Waals surface area contributed by atoms with Crippen LogP contribution in [0.2, 0.25) is 0 Å². The molecule has 1 aromatic heterocycles. The summed E-state index contributed by atoms with van der Waals surface area (Å²) in [6.45, 7) is 2.62. The average molecular weight is 319 g/mol. The molecule has 1 heterocycles. The van der Waals surface area contributed by atoms with Gasteiger partial charge >= 0.3 is 0 Å². The molecule has 2 aromatic rings. The van der Waals surface area contributed by atoms with Crippen LogP contribution in [0.1, 0.15) is 6.92 Å². The molecular formula is C10H10INOS. The molecule has 0 aliphatic rings. The quantitative estimate of drug-likeness (QED) is 0.679. The predicted octanol–water partition coefficient (Wildman–Crippen LogP) is 3.49. The van der Waals surface area contributed by atoms with E-state index >= 15 is 0 Å². The van der Waals surface area contributed by atoms with Crippen LogP contribution in [0.15, 0.2) is 17.5 Å². The number of anilines is 1. The molecule has 0 amide bonds.